The smallest absolute Gasteiger partial charge is 0.338 e. The number of benzene rings is 3. The summed E-state index contributed by atoms with van der Waals surface area (Å²) in [6.45, 7) is 6.29. The third-order valence-corrected chi connectivity index (χ3v) is 6.53. The molecule has 3 aromatic carbocycles. The monoisotopic (exact) mass is 481 g/mol. The third kappa shape index (κ3) is 4.09. The van der Waals surface area contributed by atoms with Gasteiger partial charge >= 0.3 is 5.97 Å². The Hall–Kier alpha value is -4.19. The van der Waals surface area contributed by atoms with Gasteiger partial charge in [-0.3, -0.25) is 14.5 Å². The Bertz CT molecular complexity index is 1520. The van der Waals surface area contributed by atoms with Crippen molar-refractivity contribution in [2.24, 2.45) is 0 Å². The number of anilines is 1. The highest BCUT2D eigenvalue weighted by Gasteiger charge is 2.43. The van der Waals surface area contributed by atoms with Gasteiger partial charge in [0.25, 0.3) is 5.91 Å². The van der Waals surface area contributed by atoms with Crippen LogP contribution in [0.1, 0.15) is 69.0 Å². The molecule has 0 N–H and O–H groups in total. The fraction of sp³-hybridized carbons (Fsp3) is 0.233. The first-order valence-electron chi connectivity index (χ1n) is 12.1. The number of hydrogen-bond acceptors (Lipinski definition) is 5. The number of unbranched alkanes of at least 4 members (excludes halogenated alkanes) is 1. The van der Waals surface area contributed by atoms with E-state index in [-0.39, 0.29) is 11.2 Å². The first-order valence-corrected chi connectivity index (χ1v) is 12.1. The first kappa shape index (κ1) is 23.5. The van der Waals surface area contributed by atoms with Crippen LogP contribution in [0.15, 0.2) is 75.9 Å². The van der Waals surface area contributed by atoms with Crippen LogP contribution >= 0.6 is 0 Å². The van der Waals surface area contributed by atoms with Gasteiger partial charge < -0.3 is 9.15 Å². The number of hydrogen-bond donors (Lipinski definition) is 0. The highest BCUT2D eigenvalue weighted by Crippen LogP contribution is 2.41. The Morgan fingerprint density at radius 1 is 0.944 bits per heavy atom. The zero-order valence-corrected chi connectivity index (χ0v) is 20.5. The van der Waals surface area contributed by atoms with Crippen molar-refractivity contribution in [1.82, 2.24) is 0 Å². The van der Waals surface area contributed by atoms with E-state index in [2.05, 4.69) is 0 Å². The van der Waals surface area contributed by atoms with E-state index >= 15 is 0 Å². The molecule has 1 aliphatic heterocycles. The van der Waals surface area contributed by atoms with Gasteiger partial charge in [-0.25, -0.2) is 4.79 Å². The average molecular weight is 482 g/mol. The highest BCUT2D eigenvalue weighted by molar-refractivity contribution is 6.10. The first-order chi connectivity index (χ1) is 17.4. The molecule has 1 aromatic heterocycles. The molecule has 2 heterocycles. The molecule has 1 atom stereocenters. The molecule has 0 spiro atoms. The van der Waals surface area contributed by atoms with Crippen LogP contribution < -0.4 is 10.3 Å². The Kier molecular flexibility index (Phi) is 6.18. The van der Waals surface area contributed by atoms with Crippen LogP contribution in [0.4, 0.5) is 5.69 Å². The maximum Gasteiger partial charge on any atom is 0.338 e. The van der Waals surface area contributed by atoms with Crippen LogP contribution in [0, 0.1) is 13.8 Å². The normalized spacial score (nSPS) is 14.8. The minimum atomic E-state index is -0.656. The number of nitrogens with zero attached hydrogens (tertiary/aromatic N) is 1. The second kappa shape index (κ2) is 9.46. The van der Waals surface area contributed by atoms with Gasteiger partial charge in [0, 0.05) is 5.69 Å². The second-order valence-electron chi connectivity index (χ2n) is 9.20. The highest BCUT2D eigenvalue weighted by atomic mass is 16.5. The van der Waals surface area contributed by atoms with E-state index in [1.54, 1.807) is 41.3 Å². The summed E-state index contributed by atoms with van der Waals surface area (Å²) in [6, 6.07) is 19.2. The molecule has 4 aromatic rings. The van der Waals surface area contributed by atoms with Crippen molar-refractivity contribution in [3.05, 3.63) is 111 Å². The third-order valence-electron chi connectivity index (χ3n) is 6.53. The van der Waals surface area contributed by atoms with Gasteiger partial charge in [0.2, 0.25) is 5.76 Å². The van der Waals surface area contributed by atoms with Gasteiger partial charge in [0.05, 0.1) is 29.2 Å². The van der Waals surface area contributed by atoms with E-state index in [1.165, 1.54) is 0 Å². The van der Waals surface area contributed by atoms with Gasteiger partial charge in [0.1, 0.15) is 5.58 Å². The maximum absolute atomic E-state index is 13.7. The molecule has 0 fully saturated rings. The van der Waals surface area contributed by atoms with Crippen LogP contribution in [0.2, 0.25) is 0 Å². The summed E-state index contributed by atoms with van der Waals surface area (Å²) in [7, 11) is 0. The molecular formula is C30H27NO5. The number of carbonyl (C=O) groups excluding carboxylic acids is 2. The number of rotatable bonds is 6. The fourth-order valence-corrected chi connectivity index (χ4v) is 4.57. The second-order valence-corrected chi connectivity index (χ2v) is 9.20. The van der Waals surface area contributed by atoms with Gasteiger partial charge in [-0.15, -0.1) is 0 Å². The van der Waals surface area contributed by atoms with Gasteiger partial charge in [-0.2, -0.15) is 0 Å². The molecule has 1 aliphatic rings. The number of carbonyl (C=O) groups is 2. The summed E-state index contributed by atoms with van der Waals surface area (Å²) in [6.07, 6.45) is 1.74. The summed E-state index contributed by atoms with van der Waals surface area (Å²) in [4.78, 5) is 41.3. The zero-order valence-electron chi connectivity index (χ0n) is 20.5. The summed E-state index contributed by atoms with van der Waals surface area (Å²) in [5.74, 6) is -0.752. The minimum absolute atomic E-state index is 0.0463. The molecular weight excluding hydrogens is 454 g/mol. The van der Waals surface area contributed by atoms with E-state index in [4.69, 9.17) is 9.15 Å². The van der Waals surface area contributed by atoms with Crippen LogP contribution in [-0.2, 0) is 4.74 Å². The minimum Gasteiger partial charge on any atom is -0.462 e. The summed E-state index contributed by atoms with van der Waals surface area (Å²) in [5.41, 5.74) is 4.26. The number of amides is 1. The Balaban J connectivity index is 1.62. The molecule has 1 amide bonds. The van der Waals surface area contributed by atoms with E-state index < -0.39 is 17.9 Å². The number of aryl methyl sites for hydroxylation is 2. The van der Waals surface area contributed by atoms with Crippen molar-refractivity contribution in [1.29, 1.82) is 0 Å². The molecule has 182 valence electrons. The van der Waals surface area contributed by atoms with Crippen LogP contribution in [0.25, 0.3) is 11.0 Å². The van der Waals surface area contributed by atoms with Crippen molar-refractivity contribution < 1.29 is 18.7 Å². The number of fused-ring (bicyclic) bond motifs is 2. The topological polar surface area (TPSA) is 76.8 Å². The van der Waals surface area contributed by atoms with Crippen molar-refractivity contribution in [3.63, 3.8) is 0 Å². The van der Waals surface area contributed by atoms with Gasteiger partial charge in [-0.1, -0.05) is 54.8 Å². The molecule has 5 rings (SSSR count). The van der Waals surface area contributed by atoms with Crippen LogP contribution in [0.5, 0.6) is 0 Å². The van der Waals surface area contributed by atoms with Crippen molar-refractivity contribution in [3.8, 4) is 0 Å². The lowest BCUT2D eigenvalue weighted by Crippen LogP contribution is -2.29. The van der Waals surface area contributed by atoms with Crippen LogP contribution in [-0.4, -0.2) is 18.5 Å². The molecule has 1 unspecified atom stereocenters. The van der Waals surface area contributed by atoms with Crippen LogP contribution in [0.3, 0.4) is 0 Å². The SMILES string of the molecule is CCCCOC(=O)c1ccc(N2C(=O)c3oc4ccc(C)cc4c(=O)c3C2c2ccc(C)cc2)cc1. The molecule has 6 heteroatoms. The van der Waals surface area contributed by atoms with Gasteiger partial charge in [0.15, 0.2) is 5.43 Å². The Morgan fingerprint density at radius 2 is 1.64 bits per heavy atom. The van der Waals surface area contributed by atoms with Crippen molar-refractivity contribution in [2.75, 3.05) is 11.5 Å². The van der Waals surface area contributed by atoms with E-state index in [1.807, 2.05) is 51.1 Å². The summed E-state index contributed by atoms with van der Waals surface area (Å²) in [5, 5.41) is 0.450. The lowest BCUT2D eigenvalue weighted by atomic mass is 9.97. The largest absolute Gasteiger partial charge is 0.462 e. The molecule has 0 radical (unpaired) electrons. The molecule has 36 heavy (non-hydrogen) atoms. The van der Waals surface area contributed by atoms with E-state index in [0.29, 0.717) is 34.4 Å². The van der Waals surface area contributed by atoms with Crippen molar-refractivity contribution >= 4 is 28.5 Å². The number of esters is 1. The maximum atomic E-state index is 13.7. The van der Waals surface area contributed by atoms with Crippen molar-refractivity contribution in [2.45, 2.75) is 39.7 Å². The molecule has 0 aliphatic carbocycles. The Morgan fingerprint density at radius 3 is 2.33 bits per heavy atom. The standard InChI is InChI=1S/C30H27NO5/c1-4-5-16-35-30(34)21-11-13-22(14-12-21)31-26(20-9-6-18(2)7-10-20)25-27(32)23-17-19(3)8-15-24(23)36-28(25)29(31)33/h6-15,17,26H,4-5,16H2,1-3H3. The number of ether oxygens (including phenoxy) is 1. The van der Waals surface area contributed by atoms with Gasteiger partial charge in [-0.05, 0) is 62.2 Å². The average Bonchev–Trinajstić information content (AvgIpc) is 3.17. The summed E-state index contributed by atoms with van der Waals surface area (Å²) < 4.78 is 11.3. The Labute approximate surface area is 209 Å². The van der Waals surface area contributed by atoms with E-state index in [9.17, 15) is 14.4 Å². The van der Waals surface area contributed by atoms with E-state index in [0.717, 1.165) is 29.5 Å². The lowest BCUT2D eigenvalue weighted by Gasteiger charge is -2.25. The lowest BCUT2D eigenvalue weighted by molar-refractivity contribution is 0.0499. The quantitative estimate of drug-likeness (QED) is 0.245. The summed E-state index contributed by atoms with van der Waals surface area (Å²) >= 11 is 0. The molecule has 6 nitrogen and oxygen atoms in total. The predicted molar refractivity (Wildman–Crippen MR) is 139 cm³/mol. The zero-order chi connectivity index (χ0) is 25.4. The molecule has 0 saturated heterocycles. The predicted octanol–water partition coefficient (Wildman–Crippen LogP) is 6.12. The molecule has 0 bridgehead atoms. The molecule has 0 saturated carbocycles. The fourth-order valence-electron chi connectivity index (χ4n) is 4.57.